The van der Waals surface area contributed by atoms with Crippen LogP contribution in [-0.4, -0.2) is 55.7 Å². The van der Waals surface area contributed by atoms with E-state index in [1.54, 1.807) is 4.31 Å². The minimum atomic E-state index is -3.00. The summed E-state index contributed by atoms with van der Waals surface area (Å²) < 4.78 is 24.6. The number of sulfonamides is 1. The maximum absolute atomic E-state index is 11.5. The molecule has 0 aromatic heterocycles. The summed E-state index contributed by atoms with van der Waals surface area (Å²) in [7, 11) is -3.00. The summed E-state index contributed by atoms with van der Waals surface area (Å²) in [5.41, 5.74) is 0.360. The number of hydrogen-bond donors (Lipinski definition) is 1. The highest BCUT2D eigenvalue weighted by atomic mass is 32.2. The molecule has 2 fully saturated rings. The van der Waals surface area contributed by atoms with E-state index >= 15 is 0 Å². The third-order valence-corrected chi connectivity index (χ3v) is 6.84. The van der Waals surface area contributed by atoms with E-state index < -0.39 is 10.0 Å². The van der Waals surface area contributed by atoms with E-state index in [-0.39, 0.29) is 0 Å². The lowest BCUT2D eigenvalue weighted by Gasteiger charge is -2.42. The highest BCUT2D eigenvalue weighted by Gasteiger charge is 2.35. The molecule has 0 radical (unpaired) electrons. The van der Waals surface area contributed by atoms with Crippen LogP contribution in [-0.2, 0) is 10.0 Å². The average molecular weight is 306 g/mol. The van der Waals surface area contributed by atoms with Crippen LogP contribution in [0.25, 0.3) is 0 Å². The molecule has 0 spiro atoms. The van der Waals surface area contributed by atoms with E-state index in [0.717, 1.165) is 12.8 Å². The quantitative estimate of drug-likeness (QED) is 0.859. The first-order valence-corrected chi connectivity index (χ1v) is 10.1. The van der Waals surface area contributed by atoms with Gasteiger partial charge in [-0.25, -0.2) is 12.7 Å². The van der Waals surface area contributed by atoms with Gasteiger partial charge in [-0.1, -0.05) is 13.8 Å². The van der Waals surface area contributed by atoms with Gasteiger partial charge >= 0.3 is 0 Å². The van der Waals surface area contributed by atoms with Crippen molar-refractivity contribution >= 4 is 21.8 Å². The lowest BCUT2D eigenvalue weighted by molar-refractivity contribution is 0.198. The summed E-state index contributed by atoms with van der Waals surface area (Å²) in [5, 5.41) is 3.78. The molecular formula is C13H26N2O2S2. The minimum Gasteiger partial charge on any atom is -0.310 e. The number of nitrogens with zero attached hydrogens (tertiary/aromatic N) is 1. The molecule has 2 heterocycles. The van der Waals surface area contributed by atoms with Gasteiger partial charge in [-0.2, -0.15) is 11.8 Å². The van der Waals surface area contributed by atoms with Crippen molar-refractivity contribution in [3.05, 3.63) is 0 Å². The Bertz CT molecular complexity index is 401. The Morgan fingerprint density at radius 3 is 2.42 bits per heavy atom. The van der Waals surface area contributed by atoms with Crippen LogP contribution in [0.15, 0.2) is 0 Å². The number of hydrogen-bond acceptors (Lipinski definition) is 4. The Labute approximate surface area is 121 Å². The van der Waals surface area contributed by atoms with Gasteiger partial charge in [0.05, 0.1) is 6.26 Å². The Morgan fingerprint density at radius 1 is 1.26 bits per heavy atom. The molecule has 2 aliphatic heterocycles. The number of nitrogens with one attached hydrogen (secondary N) is 1. The molecule has 0 aromatic carbocycles. The molecule has 1 atom stereocenters. The van der Waals surface area contributed by atoms with Crippen molar-refractivity contribution in [2.24, 2.45) is 5.41 Å². The number of rotatable bonds is 3. The monoisotopic (exact) mass is 306 g/mol. The Balaban J connectivity index is 1.85. The molecule has 2 aliphatic rings. The molecule has 1 N–H and O–H groups in total. The van der Waals surface area contributed by atoms with Gasteiger partial charge in [0.2, 0.25) is 10.0 Å². The topological polar surface area (TPSA) is 49.4 Å². The molecule has 112 valence electrons. The highest BCUT2D eigenvalue weighted by molar-refractivity contribution is 7.99. The van der Waals surface area contributed by atoms with Crippen molar-refractivity contribution in [2.75, 3.05) is 30.9 Å². The van der Waals surface area contributed by atoms with Gasteiger partial charge in [0.15, 0.2) is 0 Å². The Kier molecular flexibility index (Phi) is 4.86. The Hall–Kier alpha value is 0.220. The van der Waals surface area contributed by atoms with E-state index in [4.69, 9.17) is 0 Å². The standard InChI is InChI=1S/C13H26N2O2S2/c1-13(2)6-9-18-10-12(13)14-11-4-7-15(8-5-11)19(3,16)17/h11-12,14H,4-10H2,1-3H3. The highest BCUT2D eigenvalue weighted by Crippen LogP contribution is 2.34. The lowest BCUT2D eigenvalue weighted by Crippen LogP contribution is -2.53. The van der Waals surface area contributed by atoms with Gasteiger partial charge in [0, 0.05) is 30.9 Å². The number of thioether (sulfide) groups is 1. The van der Waals surface area contributed by atoms with Crippen molar-refractivity contribution in [1.29, 1.82) is 0 Å². The first-order chi connectivity index (χ1) is 8.79. The summed E-state index contributed by atoms with van der Waals surface area (Å²) in [6, 6.07) is 1.03. The van der Waals surface area contributed by atoms with E-state index in [1.165, 1.54) is 24.2 Å². The van der Waals surface area contributed by atoms with Crippen molar-refractivity contribution in [3.63, 3.8) is 0 Å². The first kappa shape index (κ1) is 15.6. The second-order valence-electron chi connectivity index (χ2n) is 6.47. The SMILES string of the molecule is CC1(C)CCSCC1NC1CCN(S(C)(=O)=O)CC1. The van der Waals surface area contributed by atoms with Crippen molar-refractivity contribution in [2.45, 2.75) is 45.2 Å². The van der Waals surface area contributed by atoms with Crippen molar-refractivity contribution < 1.29 is 8.42 Å². The third-order valence-electron chi connectivity index (χ3n) is 4.48. The van der Waals surface area contributed by atoms with Crippen LogP contribution in [0.5, 0.6) is 0 Å². The second kappa shape index (κ2) is 5.92. The maximum atomic E-state index is 11.5. The van der Waals surface area contributed by atoms with Crippen LogP contribution in [0, 0.1) is 5.41 Å². The Morgan fingerprint density at radius 2 is 1.89 bits per heavy atom. The molecule has 6 heteroatoms. The fraction of sp³-hybridized carbons (Fsp3) is 1.00. The number of piperidine rings is 1. The largest absolute Gasteiger partial charge is 0.310 e. The van der Waals surface area contributed by atoms with Gasteiger partial charge in [-0.05, 0) is 30.4 Å². The van der Waals surface area contributed by atoms with Crippen molar-refractivity contribution in [1.82, 2.24) is 9.62 Å². The second-order valence-corrected chi connectivity index (χ2v) is 9.60. The predicted octanol–water partition coefficient (Wildman–Crippen LogP) is 1.53. The normalized spacial score (nSPS) is 30.4. The van der Waals surface area contributed by atoms with Crippen LogP contribution in [0.2, 0.25) is 0 Å². The molecule has 0 aliphatic carbocycles. The molecule has 0 aromatic rings. The molecule has 0 bridgehead atoms. The van der Waals surface area contributed by atoms with Crippen molar-refractivity contribution in [3.8, 4) is 0 Å². The summed E-state index contributed by atoms with van der Waals surface area (Å²) in [6.07, 6.45) is 4.44. The zero-order valence-electron chi connectivity index (χ0n) is 12.2. The molecular weight excluding hydrogens is 280 g/mol. The maximum Gasteiger partial charge on any atom is 0.211 e. The van der Waals surface area contributed by atoms with Crippen LogP contribution in [0.4, 0.5) is 0 Å². The fourth-order valence-electron chi connectivity index (χ4n) is 2.85. The summed E-state index contributed by atoms with van der Waals surface area (Å²) in [6.45, 7) is 6.01. The lowest BCUT2D eigenvalue weighted by atomic mass is 9.81. The van der Waals surface area contributed by atoms with Crippen LogP contribution >= 0.6 is 11.8 Å². The zero-order valence-corrected chi connectivity index (χ0v) is 13.8. The predicted molar refractivity (Wildman–Crippen MR) is 82.1 cm³/mol. The minimum absolute atomic E-state index is 0.360. The molecule has 4 nitrogen and oxygen atoms in total. The summed E-state index contributed by atoms with van der Waals surface area (Å²) >= 11 is 2.03. The fourth-order valence-corrected chi connectivity index (χ4v) is 5.34. The third kappa shape index (κ3) is 4.09. The molecule has 0 saturated carbocycles. The van der Waals surface area contributed by atoms with Gasteiger partial charge in [-0.15, -0.1) is 0 Å². The summed E-state index contributed by atoms with van der Waals surface area (Å²) in [4.78, 5) is 0. The van der Waals surface area contributed by atoms with E-state index in [1.807, 2.05) is 11.8 Å². The summed E-state index contributed by atoms with van der Waals surface area (Å²) in [5.74, 6) is 2.44. The van der Waals surface area contributed by atoms with Crippen LogP contribution in [0.3, 0.4) is 0 Å². The smallest absolute Gasteiger partial charge is 0.211 e. The van der Waals surface area contributed by atoms with Crippen LogP contribution < -0.4 is 5.32 Å². The van der Waals surface area contributed by atoms with E-state index in [2.05, 4.69) is 19.2 Å². The molecule has 2 saturated heterocycles. The van der Waals surface area contributed by atoms with Crippen LogP contribution in [0.1, 0.15) is 33.1 Å². The molecule has 0 amide bonds. The first-order valence-electron chi connectivity index (χ1n) is 7.08. The zero-order chi connectivity index (χ0) is 14.1. The van der Waals surface area contributed by atoms with Gasteiger partial charge in [0.1, 0.15) is 0 Å². The van der Waals surface area contributed by atoms with E-state index in [0.29, 0.717) is 30.6 Å². The molecule has 1 unspecified atom stereocenters. The average Bonchev–Trinajstić information content (AvgIpc) is 2.31. The van der Waals surface area contributed by atoms with Gasteiger partial charge in [0.25, 0.3) is 0 Å². The molecule has 19 heavy (non-hydrogen) atoms. The van der Waals surface area contributed by atoms with Gasteiger partial charge < -0.3 is 5.32 Å². The van der Waals surface area contributed by atoms with Gasteiger partial charge in [-0.3, -0.25) is 0 Å². The van der Waals surface area contributed by atoms with E-state index in [9.17, 15) is 8.42 Å². The molecule has 2 rings (SSSR count).